The number of aryl methyl sites for hydroxylation is 1. The van der Waals surface area contributed by atoms with Crippen molar-refractivity contribution in [1.29, 1.82) is 0 Å². The molecule has 0 unspecified atom stereocenters. The minimum absolute atomic E-state index is 0.0882. The molecule has 2 N–H and O–H groups in total. The number of aromatic nitrogens is 3. The van der Waals surface area contributed by atoms with E-state index in [1.807, 2.05) is 29.7 Å². The van der Waals surface area contributed by atoms with E-state index in [4.69, 9.17) is 0 Å². The van der Waals surface area contributed by atoms with Crippen LogP contribution in [0, 0.1) is 0 Å². The molecule has 0 radical (unpaired) electrons. The summed E-state index contributed by atoms with van der Waals surface area (Å²) < 4.78 is 1.97. The molecule has 0 atom stereocenters. The molecule has 6 heteroatoms. The molecule has 0 spiro atoms. The lowest BCUT2D eigenvalue weighted by Gasteiger charge is -2.35. The van der Waals surface area contributed by atoms with Gasteiger partial charge in [-0.3, -0.25) is 4.79 Å². The van der Waals surface area contributed by atoms with Crippen molar-refractivity contribution in [3.05, 3.63) is 47.5 Å². The zero-order valence-corrected chi connectivity index (χ0v) is 14.7. The van der Waals surface area contributed by atoms with E-state index in [-0.39, 0.29) is 18.6 Å². The van der Waals surface area contributed by atoms with Crippen LogP contribution in [0.4, 0.5) is 0 Å². The van der Waals surface area contributed by atoms with Crippen molar-refractivity contribution in [1.82, 2.24) is 20.1 Å². The van der Waals surface area contributed by atoms with E-state index in [0.29, 0.717) is 18.2 Å². The van der Waals surface area contributed by atoms with Crippen molar-refractivity contribution in [3.8, 4) is 0 Å². The van der Waals surface area contributed by atoms with Gasteiger partial charge in [-0.2, -0.15) is 0 Å². The van der Waals surface area contributed by atoms with Crippen LogP contribution >= 0.6 is 0 Å². The molecule has 1 amide bonds. The van der Waals surface area contributed by atoms with Gasteiger partial charge in [0, 0.05) is 24.9 Å². The van der Waals surface area contributed by atoms with E-state index < -0.39 is 0 Å². The van der Waals surface area contributed by atoms with E-state index in [9.17, 15) is 9.90 Å². The molecule has 0 saturated heterocycles. The van der Waals surface area contributed by atoms with Gasteiger partial charge in [0.2, 0.25) is 5.91 Å². The van der Waals surface area contributed by atoms with Gasteiger partial charge in [-0.25, -0.2) is 0 Å². The van der Waals surface area contributed by atoms with Crippen LogP contribution in [0.5, 0.6) is 0 Å². The summed E-state index contributed by atoms with van der Waals surface area (Å²) in [6.07, 6.45) is 4.17. The van der Waals surface area contributed by atoms with Crippen molar-refractivity contribution in [2.24, 2.45) is 0 Å². The number of benzene rings is 1. The van der Waals surface area contributed by atoms with Crippen LogP contribution in [0.1, 0.15) is 55.7 Å². The molecule has 25 heavy (non-hydrogen) atoms. The number of aliphatic hydroxyl groups is 1. The molecule has 0 bridgehead atoms. The number of rotatable bonds is 8. The van der Waals surface area contributed by atoms with Crippen LogP contribution in [0.2, 0.25) is 0 Å². The standard InChI is InChI=1S/C19H26N4O2/c1-2-23-17(13-24)21-22-19(23)15-11-16(12-15)20-18(25)10-6-9-14-7-4-3-5-8-14/h3-5,7-8,15-16,24H,2,6,9-13H2,1H3,(H,20,25). The smallest absolute Gasteiger partial charge is 0.220 e. The largest absolute Gasteiger partial charge is 0.388 e. The summed E-state index contributed by atoms with van der Waals surface area (Å²) in [5.74, 6) is 2.00. The molecule has 1 fully saturated rings. The first kappa shape index (κ1) is 17.6. The Morgan fingerprint density at radius 3 is 2.72 bits per heavy atom. The fraction of sp³-hybridized carbons (Fsp3) is 0.526. The number of carbonyl (C=O) groups is 1. The van der Waals surface area contributed by atoms with Gasteiger partial charge >= 0.3 is 0 Å². The first-order valence-electron chi connectivity index (χ1n) is 9.07. The van der Waals surface area contributed by atoms with E-state index in [2.05, 4.69) is 27.6 Å². The number of nitrogens with one attached hydrogen (secondary N) is 1. The predicted molar refractivity (Wildman–Crippen MR) is 94.9 cm³/mol. The van der Waals surface area contributed by atoms with E-state index in [0.717, 1.165) is 38.1 Å². The normalized spacial score (nSPS) is 19.4. The Bertz CT molecular complexity index is 693. The Morgan fingerprint density at radius 2 is 2.04 bits per heavy atom. The highest BCUT2D eigenvalue weighted by molar-refractivity contribution is 5.76. The Hall–Kier alpha value is -2.21. The van der Waals surface area contributed by atoms with Crippen LogP contribution in [-0.2, 0) is 24.4 Å². The predicted octanol–water partition coefficient (Wildman–Crippen LogP) is 2.18. The molecule has 1 aromatic carbocycles. The second kappa shape index (κ2) is 8.25. The first-order chi connectivity index (χ1) is 12.2. The third kappa shape index (κ3) is 4.25. The molecule has 1 saturated carbocycles. The van der Waals surface area contributed by atoms with E-state index in [1.54, 1.807) is 0 Å². The number of carbonyl (C=O) groups excluding carboxylic acids is 1. The first-order valence-corrected chi connectivity index (χ1v) is 9.07. The second-order valence-corrected chi connectivity index (χ2v) is 6.65. The Kier molecular flexibility index (Phi) is 5.81. The van der Waals surface area contributed by atoms with Gasteiger partial charge in [0.05, 0.1) is 0 Å². The summed E-state index contributed by atoms with van der Waals surface area (Å²) in [7, 11) is 0. The molecule has 1 aliphatic rings. The topological polar surface area (TPSA) is 80.0 Å². The zero-order valence-electron chi connectivity index (χ0n) is 14.7. The molecular formula is C19H26N4O2. The highest BCUT2D eigenvalue weighted by atomic mass is 16.3. The molecule has 1 aliphatic carbocycles. The highest BCUT2D eigenvalue weighted by Crippen LogP contribution is 2.36. The van der Waals surface area contributed by atoms with Gasteiger partial charge in [-0.15, -0.1) is 10.2 Å². The number of amides is 1. The van der Waals surface area contributed by atoms with E-state index >= 15 is 0 Å². The lowest BCUT2D eigenvalue weighted by atomic mass is 9.79. The summed E-state index contributed by atoms with van der Waals surface area (Å²) >= 11 is 0. The zero-order chi connectivity index (χ0) is 17.6. The van der Waals surface area contributed by atoms with Crippen molar-refractivity contribution >= 4 is 5.91 Å². The van der Waals surface area contributed by atoms with Crippen molar-refractivity contribution < 1.29 is 9.90 Å². The summed E-state index contributed by atoms with van der Waals surface area (Å²) in [6, 6.07) is 10.5. The summed E-state index contributed by atoms with van der Waals surface area (Å²) in [5, 5.41) is 20.7. The second-order valence-electron chi connectivity index (χ2n) is 6.65. The Labute approximate surface area is 148 Å². The van der Waals surface area contributed by atoms with Gasteiger partial charge in [0.25, 0.3) is 0 Å². The molecule has 0 aliphatic heterocycles. The maximum atomic E-state index is 12.1. The lowest BCUT2D eigenvalue weighted by molar-refractivity contribution is -0.122. The van der Waals surface area contributed by atoms with Crippen molar-refractivity contribution in [3.63, 3.8) is 0 Å². The number of aliphatic hydroxyl groups excluding tert-OH is 1. The molecule has 3 rings (SSSR count). The molecule has 1 heterocycles. The summed E-state index contributed by atoms with van der Waals surface area (Å²) in [4.78, 5) is 12.1. The van der Waals surface area contributed by atoms with Gasteiger partial charge < -0.3 is 15.0 Å². The van der Waals surface area contributed by atoms with Crippen LogP contribution in [-0.4, -0.2) is 31.8 Å². The molecular weight excluding hydrogens is 316 g/mol. The highest BCUT2D eigenvalue weighted by Gasteiger charge is 2.35. The van der Waals surface area contributed by atoms with Crippen molar-refractivity contribution in [2.75, 3.05) is 0 Å². The third-order valence-electron chi connectivity index (χ3n) is 4.89. The van der Waals surface area contributed by atoms with Gasteiger partial charge in [0.1, 0.15) is 12.4 Å². The fourth-order valence-electron chi connectivity index (χ4n) is 3.46. The average Bonchev–Trinajstić information content (AvgIpc) is 3.01. The van der Waals surface area contributed by atoms with Crippen LogP contribution in [0.15, 0.2) is 30.3 Å². The summed E-state index contributed by atoms with van der Waals surface area (Å²) in [6.45, 7) is 2.69. The molecule has 6 nitrogen and oxygen atoms in total. The maximum Gasteiger partial charge on any atom is 0.220 e. The lowest BCUT2D eigenvalue weighted by Crippen LogP contribution is -2.44. The maximum absolute atomic E-state index is 12.1. The van der Waals surface area contributed by atoms with Crippen LogP contribution in [0.3, 0.4) is 0 Å². The monoisotopic (exact) mass is 342 g/mol. The Morgan fingerprint density at radius 1 is 1.28 bits per heavy atom. The van der Waals surface area contributed by atoms with E-state index in [1.165, 1.54) is 5.56 Å². The number of hydrogen-bond donors (Lipinski definition) is 2. The van der Waals surface area contributed by atoms with Crippen LogP contribution < -0.4 is 5.32 Å². The SMILES string of the molecule is CCn1c(CO)nnc1C1CC(NC(=O)CCCc2ccccc2)C1. The van der Waals surface area contributed by atoms with Gasteiger partial charge in [-0.1, -0.05) is 30.3 Å². The van der Waals surface area contributed by atoms with Gasteiger partial charge in [-0.05, 0) is 38.2 Å². The van der Waals surface area contributed by atoms with Crippen molar-refractivity contribution in [2.45, 2.75) is 64.1 Å². The number of hydrogen-bond acceptors (Lipinski definition) is 4. The van der Waals surface area contributed by atoms with Crippen LogP contribution in [0.25, 0.3) is 0 Å². The number of nitrogens with zero attached hydrogens (tertiary/aromatic N) is 3. The summed E-state index contributed by atoms with van der Waals surface area (Å²) in [5.41, 5.74) is 1.28. The molecule has 134 valence electrons. The minimum Gasteiger partial charge on any atom is -0.388 e. The molecule has 2 aromatic rings. The molecule has 1 aromatic heterocycles. The Balaban J connectivity index is 1.40. The van der Waals surface area contributed by atoms with Gasteiger partial charge in [0.15, 0.2) is 5.82 Å². The average molecular weight is 342 g/mol. The third-order valence-corrected chi connectivity index (χ3v) is 4.89. The quantitative estimate of drug-likeness (QED) is 0.770. The minimum atomic E-state index is -0.0882. The fourth-order valence-corrected chi connectivity index (χ4v) is 3.46.